The predicted molar refractivity (Wildman–Crippen MR) is 72.1 cm³/mol. The molecular weight excluding hydrogens is 274 g/mol. The molecule has 0 amide bonds. The van der Waals surface area contributed by atoms with Gasteiger partial charge in [0.25, 0.3) is 9.05 Å². The van der Waals surface area contributed by atoms with Gasteiger partial charge in [0.1, 0.15) is 11.9 Å². The third-order valence-electron chi connectivity index (χ3n) is 3.11. The Morgan fingerprint density at radius 3 is 2.72 bits per heavy atom. The molecule has 1 aromatic rings. The Labute approximate surface area is 112 Å². The topological polar surface area (TPSA) is 46.6 Å². The number of anilines is 1. The minimum Gasteiger partial charge on any atom is -0.486 e. The van der Waals surface area contributed by atoms with Crippen molar-refractivity contribution in [1.29, 1.82) is 0 Å². The standard InChI is InChI=1S/C12H16ClNO3S/c1-3-9-8-14(4-2)11-7-10(18(13,15)16)5-6-12(11)17-9/h5-7,9H,3-4,8H2,1-2H3. The van der Waals surface area contributed by atoms with Crippen LogP contribution in [0.15, 0.2) is 23.1 Å². The molecule has 18 heavy (non-hydrogen) atoms. The molecule has 4 nitrogen and oxygen atoms in total. The maximum atomic E-state index is 11.3. The number of likely N-dealkylation sites (N-methyl/N-ethyl adjacent to an activating group) is 1. The van der Waals surface area contributed by atoms with Crippen molar-refractivity contribution in [3.05, 3.63) is 18.2 Å². The van der Waals surface area contributed by atoms with Crippen LogP contribution in [0.4, 0.5) is 5.69 Å². The van der Waals surface area contributed by atoms with Crippen LogP contribution in [0.1, 0.15) is 20.3 Å². The lowest BCUT2D eigenvalue weighted by Gasteiger charge is -2.35. The van der Waals surface area contributed by atoms with Gasteiger partial charge < -0.3 is 9.64 Å². The van der Waals surface area contributed by atoms with Crippen molar-refractivity contribution in [2.75, 3.05) is 18.0 Å². The van der Waals surface area contributed by atoms with Crippen LogP contribution in [0.2, 0.25) is 0 Å². The summed E-state index contributed by atoms with van der Waals surface area (Å²) in [6.07, 6.45) is 1.07. The van der Waals surface area contributed by atoms with Gasteiger partial charge in [-0.1, -0.05) is 6.92 Å². The van der Waals surface area contributed by atoms with E-state index < -0.39 is 9.05 Å². The predicted octanol–water partition coefficient (Wildman–Crippen LogP) is 2.61. The lowest BCUT2D eigenvalue weighted by atomic mass is 10.1. The van der Waals surface area contributed by atoms with Gasteiger partial charge in [-0.2, -0.15) is 0 Å². The molecule has 0 radical (unpaired) electrons. The molecule has 1 unspecified atom stereocenters. The number of nitrogens with zero attached hydrogens (tertiary/aromatic N) is 1. The summed E-state index contributed by atoms with van der Waals surface area (Å²) in [4.78, 5) is 2.22. The van der Waals surface area contributed by atoms with Gasteiger partial charge in [-0.05, 0) is 31.5 Å². The summed E-state index contributed by atoms with van der Waals surface area (Å²) >= 11 is 0. The van der Waals surface area contributed by atoms with Gasteiger partial charge in [-0.25, -0.2) is 8.42 Å². The third-order valence-corrected chi connectivity index (χ3v) is 4.46. The van der Waals surface area contributed by atoms with Crippen molar-refractivity contribution >= 4 is 25.4 Å². The highest BCUT2D eigenvalue weighted by Crippen LogP contribution is 2.36. The van der Waals surface area contributed by atoms with Gasteiger partial charge >= 0.3 is 0 Å². The van der Waals surface area contributed by atoms with Crippen molar-refractivity contribution in [3.63, 3.8) is 0 Å². The molecule has 0 aliphatic carbocycles. The first-order valence-electron chi connectivity index (χ1n) is 5.96. The van der Waals surface area contributed by atoms with E-state index in [0.717, 1.165) is 30.9 Å². The fourth-order valence-electron chi connectivity index (χ4n) is 2.07. The summed E-state index contributed by atoms with van der Waals surface area (Å²) < 4.78 is 28.5. The van der Waals surface area contributed by atoms with Gasteiger partial charge in [-0.3, -0.25) is 0 Å². The summed E-state index contributed by atoms with van der Waals surface area (Å²) in [5, 5.41) is 0. The Morgan fingerprint density at radius 1 is 1.44 bits per heavy atom. The van der Waals surface area contributed by atoms with Gasteiger partial charge in [0, 0.05) is 17.2 Å². The normalized spacial score (nSPS) is 19.3. The fourth-order valence-corrected chi connectivity index (χ4v) is 2.84. The van der Waals surface area contributed by atoms with E-state index in [1.54, 1.807) is 12.1 Å². The van der Waals surface area contributed by atoms with Crippen LogP contribution in [-0.4, -0.2) is 27.6 Å². The van der Waals surface area contributed by atoms with Crippen LogP contribution in [-0.2, 0) is 9.05 Å². The second-order valence-corrected chi connectivity index (χ2v) is 6.82. The summed E-state index contributed by atoms with van der Waals surface area (Å²) in [5.41, 5.74) is 0.795. The zero-order chi connectivity index (χ0) is 13.3. The molecule has 2 rings (SSSR count). The van der Waals surface area contributed by atoms with E-state index in [0.29, 0.717) is 0 Å². The summed E-state index contributed by atoms with van der Waals surface area (Å²) in [7, 11) is 1.66. The highest BCUT2D eigenvalue weighted by molar-refractivity contribution is 8.13. The van der Waals surface area contributed by atoms with Gasteiger partial charge in [-0.15, -0.1) is 0 Å². The van der Waals surface area contributed by atoms with E-state index >= 15 is 0 Å². The Kier molecular flexibility index (Phi) is 3.73. The molecule has 1 atom stereocenters. The fraction of sp³-hybridized carbons (Fsp3) is 0.500. The zero-order valence-electron chi connectivity index (χ0n) is 10.4. The Morgan fingerprint density at radius 2 is 2.17 bits per heavy atom. The van der Waals surface area contributed by atoms with Crippen LogP contribution in [0, 0.1) is 0 Å². The summed E-state index contributed by atoms with van der Waals surface area (Å²) in [6.45, 7) is 5.68. The molecule has 0 fully saturated rings. The van der Waals surface area contributed by atoms with Crippen molar-refractivity contribution in [3.8, 4) is 5.75 Å². The maximum Gasteiger partial charge on any atom is 0.261 e. The van der Waals surface area contributed by atoms with E-state index in [4.69, 9.17) is 15.4 Å². The quantitative estimate of drug-likeness (QED) is 0.803. The van der Waals surface area contributed by atoms with Crippen LogP contribution in [0.5, 0.6) is 5.75 Å². The average molecular weight is 290 g/mol. The number of rotatable bonds is 3. The zero-order valence-corrected chi connectivity index (χ0v) is 12.0. The highest BCUT2D eigenvalue weighted by Gasteiger charge is 2.25. The third kappa shape index (κ3) is 2.57. The van der Waals surface area contributed by atoms with E-state index in [9.17, 15) is 8.42 Å². The van der Waals surface area contributed by atoms with Gasteiger partial charge in [0.05, 0.1) is 17.1 Å². The van der Waals surface area contributed by atoms with Crippen molar-refractivity contribution in [1.82, 2.24) is 0 Å². The molecule has 0 spiro atoms. The smallest absolute Gasteiger partial charge is 0.261 e. The molecule has 0 saturated carbocycles. The van der Waals surface area contributed by atoms with E-state index in [2.05, 4.69) is 11.8 Å². The number of hydrogen-bond acceptors (Lipinski definition) is 4. The van der Waals surface area contributed by atoms with Crippen molar-refractivity contribution in [2.24, 2.45) is 0 Å². The minimum atomic E-state index is -3.70. The first kappa shape index (κ1) is 13.5. The minimum absolute atomic E-state index is 0.111. The summed E-state index contributed by atoms with van der Waals surface area (Å²) in [6, 6.07) is 4.73. The lowest BCUT2D eigenvalue weighted by molar-refractivity contribution is 0.189. The Bertz CT molecular complexity index is 544. The Hall–Kier alpha value is -0.940. The molecule has 1 aliphatic heterocycles. The van der Waals surface area contributed by atoms with Crippen LogP contribution in [0.25, 0.3) is 0 Å². The van der Waals surface area contributed by atoms with E-state index in [1.807, 2.05) is 6.92 Å². The average Bonchev–Trinajstić information content (AvgIpc) is 2.35. The van der Waals surface area contributed by atoms with Crippen LogP contribution in [0.3, 0.4) is 0 Å². The molecule has 6 heteroatoms. The molecule has 1 aromatic carbocycles. The van der Waals surface area contributed by atoms with Crippen LogP contribution < -0.4 is 9.64 Å². The lowest BCUT2D eigenvalue weighted by Crippen LogP contribution is -2.39. The molecule has 100 valence electrons. The monoisotopic (exact) mass is 289 g/mol. The van der Waals surface area contributed by atoms with E-state index in [1.165, 1.54) is 6.07 Å². The molecule has 0 bridgehead atoms. The molecule has 0 N–H and O–H groups in total. The van der Waals surface area contributed by atoms with E-state index in [-0.39, 0.29) is 11.0 Å². The number of hydrogen-bond donors (Lipinski definition) is 0. The number of halogens is 1. The second kappa shape index (κ2) is 4.97. The first-order valence-corrected chi connectivity index (χ1v) is 8.27. The summed E-state index contributed by atoms with van der Waals surface area (Å²) in [5.74, 6) is 0.721. The van der Waals surface area contributed by atoms with Gasteiger partial charge in [0.2, 0.25) is 0 Å². The molecule has 1 aliphatic rings. The van der Waals surface area contributed by atoms with Crippen LogP contribution >= 0.6 is 10.7 Å². The van der Waals surface area contributed by atoms with Gasteiger partial charge in [0.15, 0.2) is 0 Å². The largest absolute Gasteiger partial charge is 0.486 e. The second-order valence-electron chi connectivity index (χ2n) is 4.25. The number of benzene rings is 1. The molecule has 0 aromatic heterocycles. The molecule has 1 heterocycles. The maximum absolute atomic E-state index is 11.3. The molecular formula is C12H16ClNO3S. The van der Waals surface area contributed by atoms with Crippen molar-refractivity contribution in [2.45, 2.75) is 31.3 Å². The SMILES string of the molecule is CCC1CN(CC)c2cc(S(=O)(=O)Cl)ccc2O1. The first-order chi connectivity index (χ1) is 8.45. The number of ether oxygens (including phenoxy) is 1. The Balaban J connectivity index is 2.46. The number of fused-ring (bicyclic) bond motifs is 1. The van der Waals surface area contributed by atoms with Crippen molar-refractivity contribution < 1.29 is 13.2 Å². The molecule has 0 saturated heterocycles. The highest BCUT2D eigenvalue weighted by atomic mass is 35.7.